The highest BCUT2D eigenvalue weighted by Crippen LogP contribution is 2.42. The van der Waals surface area contributed by atoms with E-state index in [0.717, 1.165) is 11.1 Å². The summed E-state index contributed by atoms with van der Waals surface area (Å²) < 4.78 is 5.90. The average Bonchev–Trinajstić information content (AvgIpc) is 2.24. The molecule has 1 unspecified atom stereocenters. The third-order valence-corrected chi connectivity index (χ3v) is 3.63. The van der Waals surface area contributed by atoms with Crippen molar-refractivity contribution in [1.82, 2.24) is 0 Å². The van der Waals surface area contributed by atoms with E-state index in [0.29, 0.717) is 12.2 Å². The van der Waals surface area contributed by atoms with Crippen LogP contribution in [0.4, 0.5) is 0 Å². The first-order valence-corrected chi connectivity index (χ1v) is 6.66. The van der Waals surface area contributed by atoms with E-state index in [4.69, 9.17) is 4.74 Å². The molecule has 1 aromatic rings. The zero-order valence-electron chi connectivity index (χ0n) is 12.3. The Balaban J connectivity index is 2.53. The van der Waals surface area contributed by atoms with Crippen molar-refractivity contribution in [2.24, 2.45) is 0 Å². The molecular weight excluding hydrogens is 240 g/mol. The second-order valence-electron chi connectivity index (χ2n) is 6.96. The van der Waals surface area contributed by atoms with E-state index in [1.54, 1.807) is 0 Å². The molecule has 3 heteroatoms. The fourth-order valence-corrected chi connectivity index (χ4v) is 2.54. The van der Waals surface area contributed by atoms with Gasteiger partial charge in [0.15, 0.2) is 0 Å². The molecule has 0 bridgehead atoms. The van der Waals surface area contributed by atoms with Gasteiger partial charge in [-0.3, -0.25) is 4.79 Å². The van der Waals surface area contributed by atoms with Gasteiger partial charge in [-0.15, -0.1) is 0 Å². The van der Waals surface area contributed by atoms with Gasteiger partial charge in [0.25, 0.3) is 0 Å². The van der Waals surface area contributed by atoms with Crippen molar-refractivity contribution < 1.29 is 14.6 Å². The monoisotopic (exact) mass is 262 g/mol. The van der Waals surface area contributed by atoms with E-state index in [9.17, 15) is 9.90 Å². The van der Waals surface area contributed by atoms with Crippen LogP contribution in [-0.4, -0.2) is 16.7 Å². The standard InChI is InChI=1S/C16H22O3/c1-15(2,3)10-6-7-13-11(8-10)12(14(17)18)9-16(4,5)19-13/h6-8,12H,9H2,1-5H3,(H,17,18). The summed E-state index contributed by atoms with van der Waals surface area (Å²) in [6.07, 6.45) is 0.503. The SMILES string of the molecule is CC1(C)CC(C(=O)O)c2cc(C(C)(C)C)ccc2O1. The molecule has 1 aromatic carbocycles. The molecule has 1 heterocycles. The molecule has 1 aliphatic heterocycles. The Morgan fingerprint density at radius 2 is 2.00 bits per heavy atom. The second-order valence-corrected chi connectivity index (χ2v) is 6.96. The molecular formula is C16H22O3. The van der Waals surface area contributed by atoms with Gasteiger partial charge >= 0.3 is 5.97 Å². The van der Waals surface area contributed by atoms with Gasteiger partial charge < -0.3 is 9.84 Å². The average molecular weight is 262 g/mol. The van der Waals surface area contributed by atoms with Gasteiger partial charge in [0.2, 0.25) is 0 Å². The van der Waals surface area contributed by atoms with Crippen molar-refractivity contribution in [3.63, 3.8) is 0 Å². The summed E-state index contributed by atoms with van der Waals surface area (Å²) in [5, 5.41) is 9.46. The van der Waals surface area contributed by atoms with Gasteiger partial charge in [0.1, 0.15) is 11.4 Å². The quantitative estimate of drug-likeness (QED) is 0.839. The lowest BCUT2D eigenvalue weighted by Gasteiger charge is -2.36. The van der Waals surface area contributed by atoms with Crippen molar-refractivity contribution >= 4 is 5.97 Å². The van der Waals surface area contributed by atoms with Crippen LogP contribution in [0.1, 0.15) is 58.1 Å². The molecule has 1 atom stereocenters. The first-order chi connectivity index (χ1) is 8.60. The minimum atomic E-state index is -0.774. The van der Waals surface area contributed by atoms with Gasteiger partial charge in [-0.05, 0) is 30.9 Å². The summed E-state index contributed by atoms with van der Waals surface area (Å²) in [5.74, 6) is -0.554. The molecule has 0 amide bonds. The summed E-state index contributed by atoms with van der Waals surface area (Å²) in [4.78, 5) is 11.5. The minimum Gasteiger partial charge on any atom is -0.488 e. The highest BCUT2D eigenvalue weighted by atomic mass is 16.5. The number of ether oxygens (including phenoxy) is 1. The number of carboxylic acid groups (broad SMARTS) is 1. The number of benzene rings is 1. The van der Waals surface area contributed by atoms with Crippen LogP contribution in [0.25, 0.3) is 0 Å². The largest absolute Gasteiger partial charge is 0.488 e. The predicted molar refractivity (Wildman–Crippen MR) is 74.8 cm³/mol. The molecule has 19 heavy (non-hydrogen) atoms. The summed E-state index contributed by atoms with van der Waals surface area (Å²) >= 11 is 0. The maximum atomic E-state index is 11.5. The zero-order valence-corrected chi connectivity index (χ0v) is 12.3. The van der Waals surface area contributed by atoms with Crippen molar-refractivity contribution in [2.45, 2.75) is 58.0 Å². The number of carbonyl (C=O) groups is 1. The van der Waals surface area contributed by atoms with Crippen LogP contribution in [0.5, 0.6) is 5.75 Å². The van der Waals surface area contributed by atoms with Gasteiger partial charge in [0.05, 0.1) is 5.92 Å². The minimum absolute atomic E-state index is 0.00501. The van der Waals surface area contributed by atoms with Crippen LogP contribution in [0.2, 0.25) is 0 Å². The fraction of sp³-hybridized carbons (Fsp3) is 0.562. The van der Waals surface area contributed by atoms with E-state index >= 15 is 0 Å². The van der Waals surface area contributed by atoms with Crippen LogP contribution >= 0.6 is 0 Å². The smallest absolute Gasteiger partial charge is 0.311 e. The Hall–Kier alpha value is -1.51. The summed E-state index contributed by atoms with van der Waals surface area (Å²) in [6.45, 7) is 10.2. The van der Waals surface area contributed by atoms with E-state index in [1.165, 1.54) is 0 Å². The fourth-order valence-electron chi connectivity index (χ4n) is 2.54. The molecule has 0 saturated carbocycles. The maximum absolute atomic E-state index is 11.5. The Labute approximate surface area is 114 Å². The van der Waals surface area contributed by atoms with Crippen LogP contribution < -0.4 is 4.74 Å². The van der Waals surface area contributed by atoms with Crippen molar-refractivity contribution in [1.29, 1.82) is 0 Å². The molecule has 2 rings (SSSR count). The van der Waals surface area contributed by atoms with Crippen molar-refractivity contribution in [2.75, 3.05) is 0 Å². The van der Waals surface area contributed by atoms with Gasteiger partial charge in [-0.25, -0.2) is 0 Å². The first kappa shape index (κ1) is 13.9. The third kappa shape index (κ3) is 2.75. The molecule has 1 N–H and O–H groups in total. The van der Waals surface area contributed by atoms with Crippen LogP contribution in [0, 0.1) is 0 Å². The topological polar surface area (TPSA) is 46.5 Å². The molecule has 104 valence electrons. The van der Waals surface area contributed by atoms with Gasteiger partial charge in [-0.2, -0.15) is 0 Å². The normalized spacial score (nSPS) is 21.4. The Morgan fingerprint density at radius 3 is 2.53 bits per heavy atom. The maximum Gasteiger partial charge on any atom is 0.311 e. The van der Waals surface area contributed by atoms with Crippen LogP contribution in [-0.2, 0) is 10.2 Å². The van der Waals surface area contributed by atoms with E-state index in [1.807, 2.05) is 32.0 Å². The number of fused-ring (bicyclic) bond motifs is 1. The number of hydrogen-bond donors (Lipinski definition) is 1. The van der Waals surface area contributed by atoms with E-state index < -0.39 is 17.5 Å². The number of hydrogen-bond acceptors (Lipinski definition) is 2. The predicted octanol–water partition coefficient (Wildman–Crippen LogP) is 3.71. The Kier molecular flexibility index (Phi) is 3.12. The molecule has 3 nitrogen and oxygen atoms in total. The Bertz CT molecular complexity index is 509. The number of carboxylic acids is 1. The van der Waals surface area contributed by atoms with Crippen LogP contribution in [0.3, 0.4) is 0 Å². The van der Waals surface area contributed by atoms with Gasteiger partial charge in [0, 0.05) is 12.0 Å². The Morgan fingerprint density at radius 1 is 1.37 bits per heavy atom. The first-order valence-electron chi connectivity index (χ1n) is 6.66. The van der Waals surface area contributed by atoms with Gasteiger partial charge in [-0.1, -0.05) is 32.9 Å². The molecule has 1 aliphatic rings. The third-order valence-electron chi connectivity index (χ3n) is 3.63. The summed E-state index contributed by atoms with van der Waals surface area (Å²) in [6, 6.07) is 5.93. The van der Waals surface area contributed by atoms with E-state index in [-0.39, 0.29) is 5.41 Å². The second kappa shape index (κ2) is 4.26. The lowest BCUT2D eigenvalue weighted by atomic mass is 9.80. The van der Waals surface area contributed by atoms with Crippen molar-refractivity contribution in [3.05, 3.63) is 29.3 Å². The lowest BCUT2D eigenvalue weighted by Crippen LogP contribution is -2.37. The number of aliphatic carboxylic acids is 1. The molecule has 0 spiro atoms. The highest BCUT2D eigenvalue weighted by Gasteiger charge is 2.38. The summed E-state index contributed by atoms with van der Waals surface area (Å²) in [7, 11) is 0. The van der Waals surface area contributed by atoms with E-state index in [2.05, 4.69) is 20.8 Å². The molecule has 0 aliphatic carbocycles. The molecule has 0 aromatic heterocycles. The summed E-state index contributed by atoms with van der Waals surface area (Å²) in [5.41, 5.74) is 1.52. The number of rotatable bonds is 1. The lowest BCUT2D eigenvalue weighted by molar-refractivity contribution is -0.140. The molecule has 0 radical (unpaired) electrons. The zero-order chi connectivity index (χ0) is 14.4. The molecule has 0 fully saturated rings. The van der Waals surface area contributed by atoms with Crippen molar-refractivity contribution in [3.8, 4) is 5.75 Å². The van der Waals surface area contributed by atoms with Crippen LogP contribution in [0.15, 0.2) is 18.2 Å². The molecule has 0 saturated heterocycles. The highest BCUT2D eigenvalue weighted by molar-refractivity contribution is 5.78.